The number of carbonyl (C=O) groups is 1. The van der Waals surface area contributed by atoms with E-state index in [2.05, 4.69) is 21.0 Å². The van der Waals surface area contributed by atoms with Gasteiger partial charge in [-0.25, -0.2) is 4.79 Å². The van der Waals surface area contributed by atoms with Crippen LogP contribution in [0.2, 0.25) is 0 Å². The molecule has 2 N–H and O–H groups in total. The molecule has 1 aliphatic rings. The van der Waals surface area contributed by atoms with E-state index in [0.717, 1.165) is 22.4 Å². The van der Waals surface area contributed by atoms with Gasteiger partial charge in [0.25, 0.3) is 0 Å². The maximum atomic E-state index is 12.2. The Kier molecular flexibility index (Phi) is 6.34. The minimum atomic E-state index is -0.489. The van der Waals surface area contributed by atoms with Gasteiger partial charge in [-0.05, 0) is 62.0 Å². The monoisotopic (exact) mass is 360 g/mol. The third kappa shape index (κ3) is 5.03. The van der Waals surface area contributed by atoms with Gasteiger partial charge < -0.3 is 20.3 Å². The van der Waals surface area contributed by atoms with Crippen molar-refractivity contribution >= 4 is 11.8 Å². The predicted octanol–water partition coefficient (Wildman–Crippen LogP) is 3.32. The molecule has 0 saturated carbocycles. The van der Waals surface area contributed by atoms with Crippen molar-refractivity contribution in [3.05, 3.63) is 39.3 Å². The van der Waals surface area contributed by atoms with Crippen LogP contribution in [0.1, 0.15) is 37.5 Å². The highest BCUT2D eigenvalue weighted by Gasteiger charge is 2.26. The molecule has 0 spiro atoms. The van der Waals surface area contributed by atoms with Gasteiger partial charge in [0.1, 0.15) is 5.60 Å². The van der Waals surface area contributed by atoms with E-state index in [1.54, 1.807) is 4.90 Å². The number of amides is 1. The molecular formula is C18H28N6O2. The fraction of sp³-hybridized carbons (Fsp3) is 0.611. The van der Waals surface area contributed by atoms with Crippen molar-refractivity contribution in [2.45, 2.75) is 46.4 Å². The van der Waals surface area contributed by atoms with E-state index in [0.29, 0.717) is 39.3 Å². The molecule has 8 nitrogen and oxygen atoms in total. The Bertz CT molecular complexity index is 698. The lowest BCUT2D eigenvalue weighted by molar-refractivity contribution is 0.0240. The molecule has 26 heavy (non-hydrogen) atoms. The normalized spacial score (nSPS) is 14.8. The summed E-state index contributed by atoms with van der Waals surface area (Å²) < 4.78 is 5.44. The average molecular weight is 360 g/mol. The third-order valence-electron chi connectivity index (χ3n) is 4.43. The Morgan fingerprint density at radius 3 is 2.42 bits per heavy atom. The maximum absolute atomic E-state index is 12.2. The van der Waals surface area contributed by atoms with Crippen LogP contribution in [0.15, 0.2) is 17.2 Å². The van der Waals surface area contributed by atoms with Crippen LogP contribution < -0.4 is 10.6 Å². The van der Waals surface area contributed by atoms with Gasteiger partial charge in [0, 0.05) is 43.3 Å². The average Bonchev–Trinajstić information content (AvgIpc) is 2.59. The standard InChI is InChI=1S/C18H28N6O2/c1-13-14(11-19)9-16(10-15(13)12-21-22-20)23-5-7-24(8-6-23)17(25)26-18(2,3)4/h9-10H,5-8,11-12,19H2,1-4H3. The first kappa shape index (κ1) is 19.9. The highest BCUT2D eigenvalue weighted by molar-refractivity contribution is 5.68. The first-order chi connectivity index (χ1) is 12.2. The van der Waals surface area contributed by atoms with Crippen LogP contribution in [0, 0.1) is 6.92 Å². The van der Waals surface area contributed by atoms with Crippen LogP contribution in [0.25, 0.3) is 10.4 Å². The van der Waals surface area contributed by atoms with Crippen LogP contribution >= 0.6 is 0 Å². The summed E-state index contributed by atoms with van der Waals surface area (Å²) in [6.45, 7) is 11.0. The minimum Gasteiger partial charge on any atom is -0.444 e. The molecule has 1 amide bonds. The zero-order chi connectivity index (χ0) is 19.3. The Hall–Kier alpha value is -2.44. The fourth-order valence-corrected chi connectivity index (χ4v) is 2.96. The first-order valence-electron chi connectivity index (χ1n) is 8.81. The number of carbonyl (C=O) groups excluding carboxylic acids is 1. The lowest BCUT2D eigenvalue weighted by Crippen LogP contribution is -2.50. The quantitative estimate of drug-likeness (QED) is 0.505. The van der Waals surface area contributed by atoms with Crippen LogP contribution in [-0.4, -0.2) is 42.8 Å². The van der Waals surface area contributed by atoms with Crippen molar-refractivity contribution in [1.82, 2.24) is 4.90 Å². The van der Waals surface area contributed by atoms with Crippen molar-refractivity contribution < 1.29 is 9.53 Å². The summed E-state index contributed by atoms with van der Waals surface area (Å²) >= 11 is 0. The molecule has 8 heteroatoms. The second-order valence-corrected chi connectivity index (χ2v) is 7.44. The summed E-state index contributed by atoms with van der Waals surface area (Å²) in [7, 11) is 0. The van der Waals surface area contributed by atoms with Gasteiger partial charge in [0.2, 0.25) is 0 Å². The van der Waals surface area contributed by atoms with Crippen molar-refractivity contribution in [1.29, 1.82) is 0 Å². The Labute approximate surface area is 154 Å². The van der Waals surface area contributed by atoms with Gasteiger partial charge in [-0.3, -0.25) is 0 Å². The van der Waals surface area contributed by atoms with Crippen molar-refractivity contribution in [3.63, 3.8) is 0 Å². The molecule has 0 radical (unpaired) electrons. The molecule has 1 aromatic carbocycles. The van der Waals surface area contributed by atoms with Gasteiger partial charge in [-0.1, -0.05) is 5.11 Å². The second kappa shape index (κ2) is 8.29. The number of ether oxygens (including phenoxy) is 1. The molecule has 1 fully saturated rings. The maximum Gasteiger partial charge on any atom is 0.410 e. The van der Waals surface area contributed by atoms with Gasteiger partial charge in [-0.15, -0.1) is 0 Å². The van der Waals surface area contributed by atoms with Gasteiger partial charge in [-0.2, -0.15) is 0 Å². The van der Waals surface area contributed by atoms with Crippen LogP contribution in [-0.2, 0) is 17.8 Å². The van der Waals surface area contributed by atoms with Crippen LogP contribution in [0.4, 0.5) is 10.5 Å². The summed E-state index contributed by atoms with van der Waals surface area (Å²) in [5.74, 6) is 0. The van der Waals surface area contributed by atoms with E-state index in [9.17, 15) is 4.79 Å². The summed E-state index contributed by atoms with van der Waals surface area (Å²) in [6, 6.07) is 4.13. The smallest absolute Gasteiger partial charge is 0.410 e. The van der Waals surface area contributed by atoms with Gasteiger partial charge >= 0.3 is 6.09 Å². The molecule has 1 aromatic rings. The second-order valence-electron chi connectivity index (χ2n) is 7.44. The van der Waals surface area contributed by atoms with Crippen molar-refractivity contribution in [2.75, 3.05) is 31.1 Å². The Morgan fingerprint density at radius 1 is 1.27 bits per heavy atom. The SMILES string of the molecule is Cc1c(CN)cc(N2CCN(C(=O)OC(C)(C)C)CC2)cc1CN=[N+]=[N-]. The van der Waals surface area contributed by atoms with Gasteiger partial charge in [0.15, 0.2) is 0 Å². The number of azide groups is 1. The number of benzene rings is 1. The topological polar surface area (TPSA) is 108 Å². The first-order valence-corrected chi connectivity index (χ1v) is 8.81. The molecule has 1 saturated heterocycles. The number of anilines is 1. The number of piperazine rings is 1. The highest BCUT2D eigenvalue weighted by Crippen LogP contribution is 2.25. The molecule has 0 aromatic heterocycles. The van der Waals surface area contributed by atoms with E-state index >= 15 is 0 Å². The number of hydrogen-bond acceptors (Lipinski definition) is 5. The molecule has 0 bridgehead atoms. The van der Waals surface area contributed by atoms with E-state index in [-0.39, 0.29) is 6.09 Å². The molecule has 142 valence electrons. The number of nitrogens with two attached hydrogens (primary N) is 1. The van der Waals surface area contributed by atoms with Crippen LogP contribution in [0.5, 0.6) is 0 Å². The largest absolute Gasteiger partial charge is 0.444 e. The Balaban J connectivity index is 2.11. The molecule has 1 aliphatic heterocycles. The minimum absolute atomic E-state index is 0.271. The molecule has 0 unspecified atom stereocenters. The summed E-state index contributed by atoms with van der Waals surface area (Å²) in [6.07, 6.45) is -0.271. The van der Waals surface area contributed by atoms with Crippen LogP contribution in [0.3, 0.4) is 0 Å². The predicted molar refractivity (Wildman–Crippen MR) is 102 cm³/mol. The highest BCUT2D eigenvalue weighted by atomic mass is 16.6. The van der Waals surface area contributed by atoms with E-state index in [4.69, 9.17) is 16.0 Å². The summed E-state index contributed by atoms with van der Waals surface area (Å²) in [5.41, 5.74) is 18.1. The molecule has 2 rings (SSSR count). The van der Waals surface area contributed by atoms with Gasteiger partial charge in [0.05, 0.1) is 6.54 Å². The lowest BCUT2D eigenvalue weighted by atomic mass is 10.0. The molecule has 0 atom stereocenters. The van der Waals surface area contributed by atoms with E-state index < -0.39 is 5.60 Å². The summed E-state index contributed by atoms with van der Waals surface area (Å²) in [4.78, 5) is 19.0. The lowest BCUT2D eigenvalue weighted by Gasteiger charge is -2.37. The Morgan fingerprint density at radius 2 is 1.88 bits per heavy atom. The third-order valence-corrected chi connectivity index (χ3v) is 4.43. The number of hydrogen-bond donors (Lipinski definition) is 1. The van der Waals surface area contributed by atoms with Crippen molar-refractivity contribution in [3.8, 4) is 0 Å². The van der Waals surface area contributed by atoms with E-state index in [1.807, 2.05) is 33.8 Å². The molecule has 0 aliphatic carbocycles. The molecular weight excluding hydrogens is 332 g/mol. The molecule has 1 heterocycles. The zero-order valence-corrected chi connectivity index (χ0v) is 16.0. The number of rotatable bonds is 4. The fourth-order valence-electron chi connectivity index (χ4n) is 2.96. The zero-order valence-electron chi connectivity index (χ0n) is 16.0. The van der Waals surface area contributed by atoms with E-state index in [1.165, 1.54) is 0 Å². The number of nitrogens with zero attached hydrogens (tertiary/aromatic N) is 5. The summed E-state index contributed by atoms with van der Waals surface area (Å²) in [5, 5.41) is 3.69. The van der Waals surface area contributed by atoms with Crippen molar-refractivity contribution in [2.24, 2.45) is 10.8 Å².